The quantitative estimate of drug-likeness (QED) is 0.792. The van der Waals surface area contributed by atoms with Crippen molar-refractivity contribution in [1.29, 1.82) is 0 Å². The van der Waals surface area contributed by atoms with Crippen LogP contribution in [0.25, 0.3) is 0 Å². The third-order valence-corrected chi connectivity index (χ3v) is 2.73. The average Bonchev–Trinajstić information content (AvgIpc) is 2.29. The van der Waals surface area contributed by atoms with Gasteiger partial charge in [-0.1, -0.05) is 0 Å². The third-order valence-electron chi connectivity index (χ3n) is 2.73. The van der Waals surface area contributed by atoms with Crippen molar-refractivity contribution >= 4 is 0 Å². The number of ether oxygens (including phenoxy) is 1. The molecule has 0 fully saturated rings. The first-order chi connectivity index (χ1) is 7.29. The molecule has 1 aliphatic heterocycles. The number of hydrogen-bond acceptors (Lipinski definition) is 4. The molecule has 1 aliphatic rings. The molecule has 2 rings (SSSR count). The summed E-state index contributed by atoms with van der Waals surface area (Å²) in [6, 6.07) is 0. The van der Waals surface area contributed by atoms with Crippen LogP contribution in [0.3, 0.4) is 0 Å². The lowest BCUT2D eigenvalue weighted by atomic mass is 10.1. The SMILES string of the molecule is COC(C)Cc1ncc2c(n1)CCNC2. The molecule has 1 unspecified atom stereocenters. The van der Waals surface area contributed by atoms with Gasteiger partial charge in [-0.2, -0.15) is 0 Å². The van der Waals surface area contributed by atoms with Gasteiger partial charge in [0.15, 0.2) is 0 Å². The molecule has 0 saturated carbocycles. The number of aromatic nitrogens is 2. The molecule has 0 saturated heterocycles. The predicted molar refractivity (Wildman–Crippen MR) is 57.6 cm³/mol. The molecule has 0 aliphatic carbocycles. The summed E-state index contributed by atoms with van der Waals surface area (Å²) in [4.78, 5) is 8.92. The minimum atomic E-state index is 0.185. The molecular weight excluding hydrogens is 190 g/mol. The van der Waals surface area contributed by atoms with Gasteiger partial charge in [-0.25, -0.2) is 9.97 Å². The summed E-state index contributed by atoms with van der Waals surface area (Å²) < 4.78 is 5.21. The average molecular weight is 207 g/mol. The molecule has 1 atom stereocenters. The zero-order chi connectivity index (χ0) is 10.7. The van der Waals surface area contributed by atoms with Gasteiger partial charge in [0.1, 0.15) is 5.82 Å². The van der Waals surface area contributed by atoms with Crippen LogP contribution < -0.4 is 5.32 Å². The topological polar surface area (TPSA) is 47.0 Å². The molecule has 1 aromatic rings. The number of methoxy groups -OCH3 is 1. The molecule has 0 aromatic carbocycles. The Morgan fingerprint density at radius 3 is 3.27 bits per heavy atom. The van der Waals surface area contributed by atoms with Crippen molar-refractivity contribution in [3.63, 3.8) is 0 Å². The Morgan fingerprint density at radius 2 is 2.47 bits per heavy atom. The lowest BCUT2D eigenvalue weighted by molar-refractivity contribution is 0.117. The maximum Gasteiger partial charge on any atom is 0.131 e. The maximum absolute atomic E-state index is 5.21. The predicted octanol–water partition coefficient (Wildman–Crippen LogP) is 0.700. The summed E-state index contributed by atoms with van der Waals surface area (Å²) in [7, 11) is 1.72. The van der Waals surface area contributed by atoms with Crippen molar-refractivity contribution in [2.24, 2.45) is 0 Å². The van der Waals surface area contributed by atoms with Gasteiger partial charge < -0.3 is 10.1 Å². The highest BCUT2D eigenvalue weighted by Gasteiger charge is 2.12. The van der Waals surface area contributed by atoms with Crippen LogP contribution in [0.5, 0.6) is 0 Å². The number of rotatable bonds is 3. The molecule has 0 spiro atoms. The van der Waals surface area contributed by atoms with Crippen LogP contribution in [-0.4, -0.2) is 29.7 Å². The van der Waals surface area contributed by atoms with Crippen LogP contribution in [0.1, 0.15) is 24.0 Å². The highest BCUT2D eigenvalue weighted by Crippen LogP contribution is 2.11. The van der Waals surface area contributed by atoms with Crippen molar-refractivity contribution in [2.45, 2.75) is 32.4 Å². The lowest BCUT2D eigenvalue weighted by Crippen LogP contribution is -2.25. The molecule has 4 heteroatoms. The van der Waals surface area contributed by atoms with Gasteiger partial charge in [0.2, 0.25) is 0 Å². The van der Waals surface area contributed by atoms with Crippen molar-refractivity contribution in [3.05, 3.63) is 23.3 Å². The smallest absolute Gasteiger partial charge is 0.131 e. The van der Waals surface area contributed by atoms with Gasteiger partial charge >= 0.3 is 0 Å². The van der Waals surface area contributed by atoms with Gasteiger partial charge in [-0.3, -0.25) is 0 Å². The summed E-state index contributed by atoms with van der Waals surface area (Å²) in [6.07, 6.45) is 3.92. The molecule has 15 heavy (non-hydrogen) atoms. The summed E-state index contributed by atoms with van der Waals surface area (Å²) in [5.74, 6) is 0.894. The number of nitrogens with zero attached hydrogens (tertiary/aromatic N) is 2. The standard InChI is InChI=1S/C11H17N3O/c1-8(15-2)5-11-13-7-9-6-12-4-3-10(9)14-11/h7-8,12H,3-6H2,1-2H3. The lowest BCUT2D eigenvalue weighted by Gasteiger charge is -2.16. The van der Waals surface area contributed by atoms with Gasteiger partial charge in [0, 0.05) is 50.5 Å². The van der Waals surface area contributed by atoms with Crippen molar-refractivity contribution in [2.75, 3.05) is 13.7 Å². The van der Waals surface area contributed by atoms with E-state index in [1.54, 1.807) is 7.11 Å². The van der Waals surface area contributed by atoms with E-state index < -0.39 is 0 Å². The normalized spacial score (nSPS) is 17.2. The minimum absolute atomic E-state index is 0.185. The van der Waals surface area contributed by atoms with E-state index in [1.807, 2.05) is 13.1 Å². The van der Waals surface area contributed by atoms with Crippen LogP contribution in [0.15, 0.2) is 6.20 Å². The Bertz CT molecular complexity index is 341. The molecule has 0 bridgehead atoms. The van der Waals surface area contributed by atoms with E-state index in [0.29, 0.717) is 0 Å². The fourth-order valence-electron chi connectivity index (χ4n) is 1.72. The van der Waals surface area contributed by atoms with Crippen LogP contribution in [-0.2, 0) is 24.1 Å². The van der Waals surface area contributed by atoms with E-state index in [4.69, 9.17) is 4.74 Å². The maximum atomic E-state index is 5.21. The van der Waals surface area contributed by atoms with E-state index in [-0.39, 0.29) is 6.10 Å². The zero-order valence-electron chi connectivity index (χ0n) is 9.29. The fourth-order valence-corrected chi connectivity index (χ4v) is 1.72. The highest BCUT2D eigenvalue weighted by atomic mass is 16.5. The van der Waals surface area contributed by atoms with Crippen LogP contribution in [0.4, 0.5) is 0 Å². The van der Waals surface area contributed by atoms with Crippen LogP contribution >= 0.6 is 0 Å². The van der Waals surface area contributed by atoms with Crippen molar-refractivity contribution in [3.8, 4) is 0 Å². The van der Waals surface area contributed by atoms with Crippen molar-refractivity contribution < 1.29 is 4.74 Å². The molecule has 0 radical (unpaired) electrons. The van der Waals surface area contributed by atoms with Crippen LogP contribution in [0, 0.1) is 0 Å². The molecule has 82 valence electrons. The third kappa shape index (κ3) is 2.52. The zero-order valence-corrected chi connectivity index (χ0v) is 9.29. The highest BCUT2D eigenvalue weighted by molar-refractivity contribution is 5.20. The summed E-state index contributed by atoms with van der Waals surface area (Å²) >= 11 is 0. The van der Waals surface area contributed by atoms with Crippen LogP contribution in [0.2, 0.25) is 0 Å². The molecular formula is C11H17N3O. The van der Waals surface area contributed by atoms with Gasteiger partial charge in [0.05, 0.1) is 6.10 Å². The summed E-state index contributed by atoms with van der Waals surface area (Å²) in [5.41, 5.74) is 2.43. The first kappa shape index (κ1) is 10.5. The number of hydrogen-bond donors (Lipinski definition) is 1. The Morgan fingerprint density at radius 1 is 1.60 bits per heavy atom. The Labute approximate surface area is 90.1 Å². The summed E-state index contributed by atoms with van der Waals surface area (Å²) in [5, 5.41) is 3.31. The van der Waals surface area contributed by atoms with Gasteiger partial charge in [-0.15, -0.1) is 0 Å². The molecule has 2 heterocycles. The first-order valence-corrected chi connectivity index (χ1v) is 5.37. The second kappa shape index (κ2) is 4.68. The summed E-state index contributed by atoms with van der Waals surface area (Å²) in [6.45, 7) is 3.95. The number of fused-ring (bicyclic) bond motifs is 1. The number of nitrogens with one attached hydrogen (secondary N) is 1. The first-order valence-electron chi connectivity index (χ1n) is 5.37. The Kier molecular flexibility index (Phi) is 3.28. The second-order valence-corrected chi connectivity index (χ2v) is 3.94. The Hall–Kier alpha value is -1.00. The van der Waals surface area contributed by atoms with E-state index in [2.05, 4.69) is 15.3 Å². The Balaban J connectivity index is 2.13. The van der Waals surface area contributed by atoms with Gasteiger partial charge in [-0.05, 0) is 6.92 Å². The van der Waals surface area contributed by atoms with Gasteiger partial charge in [0.25, 0.3) is 0 Å². The molecule has 0 amide bonds. The molecule has 1 N–H and O–H groups in total. The monoisotopic (exact) mass is 207 g/mol. The van der Waals surface area contributed by atoms with E-state index >= 15 is 0 Å². The second-order valence-electron chi connectivity index (χ2n) is 3.94. The minimum Gasteiger partial charge on any atom is -0.381 e. The van der Waals surface area contributed by atoms with E-state index in [1.165, 1.54) is 11.3 Å². The fraction of sp³-hybridized carbons (Fsp3) is 0.636. The largest absolute Gasteiger partial charge is 0.381 e. The molecule has 1 aromatic heterocycles. The van der Waals surface area contributed by atoms with E-state index in [0.717, 1.165) is 31.8 Å². The van der Waals surface area contributed by atoms with Crippen molar-refractivity contribution in [1.82, 2.24) is 15.3 Å². The molecule has 4 nitrogen and oxygen atoms in total. The van der Waals surface area contributed by atoms with E-state index in [9.17, 15) is 0 Å².